The van der Waals surface area contributed by atoms with Gasteiger partial charge in [-0.05, 0) is 40.2 Å². The molecule has 1 N–H and O–H groups in total. The van der Waals surface area contributed by atoms with E-state index in [0.29, 0.717) is 5.02 Å². The van der Waals surface area contributed by atoms with Gasteiger partial charge in [-0.2, -0.15) is 5.26 Å². The first-order chi connectivity index (χ1) is 9.11. The molecule has 0 bridgehead atoms. The second-order valence-corrected chi connectivity index (χ2v) is 6.00. The van der Waals surface area contributed by atoms with E-state index >= 15 is 0 Å². The molecule has 96 valence electrons. The molecule has 2 aromatic rings. The summed E-state index contributed by atoms with van der Waals surface area (Å²) in [5.74, 6) is 0. The zero-order valence-corrected chi connectivity index (χ0v) is 13.6. The Hall–Kier alpha value is -1.02. The molecule has 0 aliphatic carbocycles. The number of benzene rings is 2. The first kappa shape index (κ1) is 14.4. The van der Waals surface area contributed by atoms with Crippen molar-refractivity contribution in [1.82, 2.24) is 0 Å². The van der Waals surface area contributed by atoms with Crippen LogP contribution in [-0.4, -0.2) is 0 Å². The Balaban J connectivity index is 2.31. The molecule has 0 fully saturated rings. The second kappa shape index (κ2) is 6.42. The Labute approximate surface area is 133 Å². The molecule has 5 heteroatoms. The topological polar surface area (TPSA) is 35.8 Å². The third-order valence-corrected chi connectivity index (χ3v) is 4.19. The number of nitriles is 1. The van der Waals surface area contributed by atoms with E-state index in [1.54, 1.807) is 12.1 Å². The van der Waals surface area contributed by atoms with Crippen LogP contribution < -0.4 is 5.32 Å². The van der Waals surface area contributed by atoms with E-state index < -0.39 is 6.04 Å². The third kappa shape index (κ3) is 3.50. The molecule has 1 atom stereocenters. The number of anilines is 1. The van der Waals surface area contributed by atoms with E-state index in [1.807, 2.05) is 30.3 Å². The Morgan fingerprint density at radius 1 is 1.11 bits per heavy atom. The maximum absolute atomic E-state index is 9.34. The molecule has 0 amide bonds. The Bertz CT molecular complexity index is 638. The van der Waals surface area contributed by atoms with Gasteiger partial charge < -0.3 is 5.32 Å². The molecule has 0 spiro atoms. The molecular weight excluding hydrogens is 391 g/mol. The van der Waals surface area contributed by atoms with Gasteiger partial charge in [-0.1, -0.05) is 45.7 Å². The van der Waals surface area contributed by atoms with E-state index in [1.165, 1.54) is 0 Å². The van der Waals surface area contributed by atoms with E-state index in [9.17, 15) is 5.26 Å². The fourth-order valence-electron chi connectivity index (χ4n) is 1.65. The highest BCUT2D eigenvalue weighted by atomic mass is 79.9. The number of nitrogens with zero attached hydrogens (tertiary/aromatic N) is 1. The predicted molar refractivity (Wildman–Crippen MR) is 85.3 cm³/mol. The number of nitrogens with one attached hydrogen (secondary N) is 1. The summed E-state index contributed by atoms with van der Waals surface area (Å²) in [5.41, 5.74) is 1.72. The minimum absolute atomic E-state index is 0.453. The minimum atomic E-state index is -0.453. The van der Waals surface area contributed by atoms with Gasteiger partial charge in [0.05, 0.1) is 6.07 Å². The van der Waals surface area contributed by atoms with Gasteiger partial charge in [0.15, 0.2) is 0 Å². The van der Waals surface area contributed by atoms with Gasteiger partial charge in [-0.15, -0.1) is 0 Å². The first-order valence-corrected chi connectivity index (χ1v) is 7.44. The summed E-state index contributed by atoms with van der Waals surface area (Å²) < 4.78 is 1.73. The van der Waals surface area contributed by atoms with Gasteiger partial charge in [0.2, 0.25) is 0 Å². The van der Waals surface area contributed by atoms with Crippen molar-refractivity contribution in [3.63, 3.8) is 0 Å². The summed E-state index contributed by atoms with van der Waals surface area (Å²) in [6, 6.07) is 14.9. The summed E-state index contributed by atoms with van der Waals surface area (Å²) in [5, 5.41) is 13.2. The van der Waals surface area contributed by atoms with Crippen LogP contribution in [-0.2, 0) is 0 Å². The average Bonchev–Trinajstić information content (AvgIpc) is 2.39. The lowest BCUT2D eigenvalue weighted by molar-refractivity contribution is 0.988. The second-order valence-electron chi connectivity index (χ2n) is 3.85. The van der Waals surface area contributed by atoms with Crippen LogP contribution in [0.2, 0.25) is 5.02 Å². The number of hydrogen-bond donors (Lipinski definition) is 1. The predicted octanol–water partition coefficient (Wildman–Crippen LogP) is 5.54. The quantitative estimate of drug-likeness (QED) is 0.734. The number of halogens is 3. The fraction of sp³-hybridized carbons (Fsp3) is 0.0714. The average molecular weight is 401 g/mol. The molecule has 2 aromatic carbocycles. The largest absolute Gasteiger partial charge is 0.365 e. The van der Waals surface area contributed by atoms with Crippen LogP contribution in [0.25, 0.3) is 0 Å². The van der Waals surface area contributed by atoms with Crippen LogP contribution in [0.1, 0.15) is 11.6 Å². The number of para-hydroxylation sites is 1. The monoisotopic (exact) mass is 398 g/mol. The minimum Gasteiger partial charge on any atom is -0.365 e. The lowest BCUT2D eigenvalue weighted by Gasteiger charge is -2.16. The normalized spacial score (nSPS) is 11.7. The Kier molecular flexibility index (Phi) is 4.87. The lowest BCUT2D eigenvalue weighted by Crippen LogP contribution is -2.09. The van der Waals surface area contributed by atoms with Gasteiger partial charge >= 0.3 is 0 Å². The molecule has 2 rings (SSSR count). The van der Waals surface area contributed by atoms with Crippen molar-refractivity contribution in [3.8, 4) is 6.07 Å². The van der Waals surface area contributed by atoms with Crippen LogP contribution in [0, 0.1) is 11.3 Å². The summed E-state index contributed by atoms with van der Waals surface area (Å²) in [4.78, 5) is 0. The van der Waals surface area contributed by atoms with Crippen LogP contribution >= 0.6 is 43.5 Å². The molecule has 0 saturated carbocycles. The fourth-order valence-corrected chi connectivity index (χ4v) is 2.96. The SMILES string of the molecule is N#CC(Nc1ccccc1Br)c1ccc(Cl)cc1Br. The van der Waals surface area contributed by atoms with Gasteiger partial charge in [0.1, 0.15) is 6.04 Å². The van der Waals surface area contributed by atoms with Gasteiger partial charge in [0.25, 0.3) is 0 Å². The van der Waals surface area contributed by atoms with Crippen molar-refractivity contribution in [3.05, 3.63) is 62.0 Å². The van der Waals surface area contributed by atoms with Crippen molar-refractivity contribution in [2.45, 2.75) is 6.04 Å². The van der Waals surface area contributed by atoms with Gasteiger partial charge in [-0.3, -0.25) is 0 Å². The third-order valence-electron chi connectivity index (χ3n) is 2.58. The summed E-state index contributed by atoms with van der Waals surface area (Å²) in [7, 11) is 0. The van der Waals surface area contributed by atoms with Crippen molar-refractivity contribution < 1.29 is 0 Å². The van der Waals surface area contributed by atoms with Gasteiger partial charge in [0, 0.05) is 25.2 Å². The van der Waals surface area contributed by atoms with E-state index in [0.717, 1.165) is 20.2 Å². The standard InChI is InChI=1S/C14H9Br2ClN2/c15-11-3-1-2-4-13(11)19-14(8-18)10-6-5-9(17)7-12(10)16/h1-7,14,19H. The van der Waals surface area contributed by atoms with Crippen molar-refractivity contribution >= 4 is 49.1 Å². The van der Waals surface area contributed by atoms with E-state index in [2.05, 4.69) is 43.2 Å². The van der Waals surface area contributed by atoms with Crippen LogP contribution in [0.3, 0.4) is 0 Å². The Morgan fingerprint density at radius 3 is 2.47 bits per heavy atom. The van der Waals surface area contributed by atoms with Crippen molar-refractivity contribution in [1.29, 1.82) is 5.26 Å². The summed E-state index contributed by atoms with van der Waals surface area (Å²) in [6.45, 7) is 0. The molecule has 19 heavy (non-hydrogen) atoms. The molecule has 0 aliphatic heterocycles. The molecule has 0 heterocycles. The molecule has 1 unspecified atom stereocenters. The molecular formula is C14H9Br2ClN2. The highest BCUT2D eigenvalue weighted by Crippen LogP contribution is 2.31. The van der Waals surface area contributed by atoms with E-state index in [4.69, 9.17) is 11.6 Å². The molecule has 0 saturated heterocycles. The summed E-state index contributed by atoms with van der Waals surface area (Å²) in [6.07, 6.45) is 0. The highest BCUT2D eigenvalue weighted by Gasteiger charge is 2.14. The van der Waals surface area contributed by atoms with Crippen molar-refractivity contribution in [2.75, 3.05) is 5.32 Å². The number of hydrogen-bond acceptors (Lipinski definition) is 2. The lowest BCUT2D eigenvalue weighted by atomic mass is 10.1. The summed E-state index contributed by atoms with van der Waals surface area (Å²) >= 11 is 12.8. The first-order valence-electron chi connectivity index (χ1n) is 5.47. The maximum atomic E-state index is 9.34. The smallest absolute Gasteiger partial charge is 0.141 e. The molecule has 0 aromatic heterocycles. The zero-order valence-electron chi connectivity index (χ0n) is 9.70. The van der Waals surface area contributed by atoms with Crippen LogP contribution in [0.15, 0.2) is 51.4 Å². The highest BCUT2D eigenvalue weighted by molar-refractivity contribution is 9.11. The van der Waals surface area contributed by atoms with Crippen LogP contribution in [0.4, 0.5) is 5.69 Å². The van der Waals surface area contributed by atoms with Crippen LogP contribution in [0.5, 0.6) is 0 Å². The van der Waals surface area contributed by atoms with E-state index in [-0.39, 0.29) is 0 Å². The molecule has 0 aliphatic rings. The zero-order chi connectivity index (χ0) is 13.8. The molecule has 2 nitrogen and oxygen atoms in total. The van der Waals surface area contributed by atoms with Crippen molar-refractivity contribution in [2.24, 2.45) is 0 Å². The Morgan fingerprint density at radius 2 is 1.84 bits per heavy atom. The maximum Gasteiger partial charge on any atom is 0.141 e. The molecule has 0 radical (unpaired) electrons. The van der Waals surface area contributed by atoms with Gasteiger partial charge in [-0.25, -0.2) is 0 Å². The number of rotatable bonds is 3.